The summed E-state index contributed by atoms with van der Waals surface area (Å²) < 4.78 is 56.6. The van der Waals surface area contributed by atoms with Crippen LogP contribution in [-0.4, -0.2) is 45.0 Å². The summed E-state index contributed by atoms with van der Waals surface area (Å²) >= 11 is 0. The maximum absolute atomic E-state index is 13.5. The highest BCUT2D eigenvalue weighted by atomic mass is 32.2. The second-order valence-electron chi connectivity index (χ2n) is 8.08. The minimum absolute atomic E-state index is 0.0387. The van der Waals surface area contributed by atoms with Gasteiger partial charge in [-0.25, -0.2) is 17.2 Å². The average molecular weight is 468 g/mol. The van der Waals surface area contributed by atoms with E-state index in [2.05, 4.69) is 5.32 Å². The second kappa shape index (κ2) is 10.1. The number of rotatable bonds is 8. The van der Waals surface area contributed by atoms with E-state index in [1.54, 1.807) is 0 Å². The van der Waals surface area contributed by atoms with Gasteiger partial charge in [-0.05, 0) is 47.2 Å². The minimum atomic E-state index is -3.33. The molecule has 3 rings (SSSR count). The first kappa shape index (κ1) is 24.3. The first-order valence-corrected chi connectivity index (χ1v) is 12.2. The van der Waals surface area contributed by atoms with Gasteiger partial charge in [0, 0.05) is 18.7 Å². The van der Waals surface area contributed by atoms with Gasteiger partial charge in [0.1, 0.15) is 11.6 Å². The van der Waals surface area contributed by atoms with E-state index >= 15 is 0 Å². The number of benzene rings is 2. The number of hydrogen-bond donors (Lipinski definition) is 2. The van der Waals surface area contributed by atoms with Crippen molar-refractivity contribution in [2.24, 2.45) is 5.92 Å². The van der Waals surface area contributed by atoms with Crippen molar-refractivity contribution < 1.29 is 31.8 Å². The fraction of sp³-hybridized carbons (Fsp3) is 0.435. The number of fused-ring (bicyclic) bond motifs is 1. The molecular weight excluding hydrogens is 440 g/mol. The molecule has 0 bridgehead atoms. The highest BCUT2D eigenvalue weighted by Crippen LogP contribution is 2.29. The van der Waals surface area contributed by atoms with Gasteiger partial charge in [0.25, 0.3) is 0 Å². The molecular formula is C23H27F2NO5S. The zero-order chi connectivity index (χ0) is 23.5. The molecule has 174 valence electrons. The number of carbonyl (C=O) groups excluding carboxylic acids is 1. The maximum Gasteiger partial charge on any atom is 0.311 e. The third-order valence-electron chi connectivity index (χ3n) is 5.71. The first-order valence-electron chi connectivity index (χ1n) is 10.4. The minimum Gasteiger partial charge on any atom is -0.469 e. The molecule has 3 atom stereocenters. The molecule has 0 saturated carbocycles. The number of aliphatic hydroxyl groups excluding tert-OH is 1. The van der Waals surface area contributed by atoms with Crippen LogP contribution >= 0.6 is 0 Å². The van der Waals surface area contributed by atoms with Crippen molar-refractivity contribution in [1.82, 2.24) is 5.32 Å². The molecule has 0 saturated heterocycles. The van der Waals surface area contributed by atoms with Crippen molar-refractivity contribution in [2.75, 3.05) is 19.4 Å². The molecule has 0 radical (unpaired) electrons. The molecule has 9 heteroatoms. The zero-order valence-corrected chi connectivity index (χ0v) is 18.8. The molecule has 0 aromatic heterocycles. The summed E-state index contributed by atoms with van der Waals surface area (Å²) in [5, 5.41) is 13.8. The normalized spacial score (nSPS) is 19.1. The molecule has 1 aliphatic heterocycles. The smallest absolute Gasteiger partial charge is 0.311 e. The Morgan fingerprint density at radius 2 is 1.88 bits per heavy atom. The first-order chi connectivity index (χ1) is 15.1. The number of ether oxygens (including phenoxy) is 1. The van der Waals surface area contributed by atoms with Gasteiger partial charge in [0.2, 0.25) is 0 Å². The van der Waals surface area contributed by atoms with Crippen LogP contribution in [0.25, 0.3) is 0 Å². The summed E-state index contributed by atoms with van der Waals surface area (Å²) in [6, 6.07) is 8.03. The third-order valence-corrected chi connectivity index (χ3v) is 7.30. The summed E-state index contributed by atoms with van der Waals surface area (Å²) in [6.45, 7) is 1.90. The molecule has 6 nitrogen and oxygen atoms in total. The lowest BCUT2D eigenvalue weighted by atomic mass is 9.93. The van der Waals surface area contributed by atoms with Crippen LogP contribution in [0.1, 0.15) is 35.2 Å². The highest BCUT2D eigenvalue weighted by molar-refractivity contribution is 7.90. The van der Waals surface area contributed by atoms with Crippen LogP contribution in [0.3, 0.4) is 0 Å². The molecule has 3 unspecified atom stereocenters. The lowest BCUT2D eigenvalue weighted by Gasteiger charge is -2.29. The van der Waals surface area contributed by atoms with E-state index in [0.29, 0.717) is 5.56 Å². The number of esters is 1. The molecule has 0 spiro atoms. The fourth-order valence-electron chi connectivity index (χ4n) is 4.04. The number of carbonyl (C=O) groups is 1. The Morgan fingerprint density at radius 3 is 2.50 bits per heavy atom. The summed E-state index contributed by atoms with van der Waals surface area (Å²) in [5.74, 6) is -3.55. The van der Waals surface area contributed by atoms with Crippen molar-refractivity contribution in [2.45, 2.75) is 37.7 Å². The molecule has 0 aliphatic carbocycles. The number of aliphatic hydroxyl groups is 1. The maximum atomic E-state index is 13.5. The number of nitrogens with one attached hydrogen (secondary N) is 1. The SMILES string of the molecule is CCc1ccc2c(c1)C(NCC(O)C(Cc1cc(F)cc(F)c1)C(=O)OC)CS(=O)(=O)C2. The summed E-state index contributed by atoms with van der Waals surface area (Å²) in [6.07, 6.45) is -0.607. The molecule has 0 fully saturated rings. The van der Waals surface area contributed by atoms with Crippen LogP contribution in [0.5, 0.6) is 0 Å². The molecule has 0 amide bonds. The van der Waals surface area contributed by atoms with Crippen molar-refractivity contribution in [3.05, 3.63) is 70.3 Å². The lowest BCUT2D eigenvalue weighted by Crippen LogP contribution is -2.42. The van der Waals surface area contributed by atoms with E-state index in [1.807, 2.05) is 25.1 Å². The summed E-state index contributed by atoms with van der Waals surface area (Å²) in [4.78, 5) is 12.3. The topological polar surface area (TPSA) is 92.7 Å². The van der Waals surface area contributed by atoms with Gasteiger partial charge < -0.3 is 15.2 Å². The van der Waals surface area contributed by atoms with Gasteiger partial charge in [-0.3, -0.25) is 4.79 Å². The number of aryl methyl sites for hydroxylation is 1. The van der Waals surface area contributed by atoms with Gasteiger partial charge in [-0.1, -0.05) is 25.1 Å². The van der Waals surface area contributed by atoms with E-state index in [1.165, 1.54) is 0 Å². The van der Waals surface area contributed by atoms with Gasteiger partial charge in [-0.15, -0.1) is 0 Å². The van der Waals surface area contributed by atoms with Crippen LogP contribution in [0, 0.1) is 17.6 Å². The van der Waals surface area contributed by atoms with Crippen molar-refractivity contribution in [1.29, 1.82) is 0 Å². The summed E-state index contributed by atoms with van der Waals surface area (Å²) in [5.41, 5.74) is 2.83. The Balaban J connectivity index is 1.78. The van der Waals surface area contributed by atoms with Gasteiger partial charge in [0.05, 0.1) is 30.6 Å². The van der Waals surface area contributed by atoms with E-state index in [9.17, 15) is 27.1 Å². The Bertz CT molecular complexity index is 1070. The predicted molar refractivity (Wildman–Crippen MR) is 116 cm³/mol. The number of halogens is 2. The van der Waals surface area contributed by atoms with Gasteiger partial charge in [-0.2, -0.15) is 0 Å². The van der Waals surface area contributed by atoms with Crippen molar-refractivity contribution in [3.8, 4) is 0 Å². The van der Waals surface area contributed by atoms with Crippen LogP contribution in [0.15, 0.2) is 36.4 Å². The third kappa shape index (κ3) is 5.90. The molecule has 2 N–H and O–H groups in total. The van der Waals surface area contributed by atoms with E-state index in [-0.39, 0.29) is 30.0 Å². The number of methoxy groups -OCH3 is 1. The van der Waals surface area contributed by atoms with Crippen LogP contribution < -0.4 is 5.32 Å². The lowest BCUT2D eigenvalue weighted by molar-refractivity contribution is -0.149. The number of sulfone groups is 1. The molecule has 32 heavy (non-hydrogen) atoms. The Kier molecular flexibility index (Phi) is 7.63. The quantitative estimate of drug-likeness (QED) is 0.580. The van der Waals surface area contributed by atoms with Crippen LogP contribution in [-0.2, 0) is 38.0 Å². The van der Waals surface area contributed by atoms with Crippen molar-refractivity contribution >= 4 is 15.8 Å². The second-order valence-corrected chi connectivity index (χ2v) is 10.2. The predicted octanol–water partition coefficient (Wildman–Crippen LogP) is 2.48. The van der Waals surface area contributed by atoms with Crippen LogP contribution in [0.4, 0.5) is 8.78 Å². The monoisotopic (exact) mass is 467 g/mol. The standard InChI is InChI=1S/C23H27F2NO5S/c1-3-14-4-5-16-12-32(29,30)13-21(19(16)8-14)26-11-22(27)20(23(28)31-2)9-15-6-17(24)10-18(25)7-15/h4-8,10,20-22,26-27H,3,9,11-13H2,1-2H3. The Hall–Kier alpha value is -2.36. The zero-order valence-electron chi connectivity index (χ0n) is 18.0. The van der Waals surface area contributed by atoms with E-state index in [4.69, 9.17) is 4.74 Å². The molecule has 2 aromatic rings. The van der Waals surface area contributed by atoms with E-state index in [0.717, 1.165) is 42.9 Å². The molecule has 1 aliphatic rings. The fourth-order valence-corrected chi connectivity index (χ4v) is 5.70. The van der Waals surface area contributed by atoms with E-state index < -0.39 is 45.5 Å². The van der Waals surface area contributed by atoms with Gasteiger partial charge >= 0.3 is 5.97 Å². The highest BCUT2D eigenvalue weighted by Gasteiger charge is 2.33. The average Bonchev–Trinajstić information content (AvgIpc) is 2.73. The summed E-state index contributed by atoms with van der Waals surface area (Å²) in [7, 11) is -2.17. The van der Waals surface area contributed by atoms with Gasteiger partial charge in [0.15, 0.2) is 9.84 Å². The largest absolute Gasteiger partial charge is 0.469 e. The molecule has 1 heterocycles. The Labute approximate surface area is 186 Å². The van der Waals surface area contributed by atoms with Crippen LogP contribution in [0.2, 0.25) is 0 Å². The number of hydrogen-bond acceptors (Lipinski definition) is 6. The van der Waals surface area contributed by atoms with Crippen molar-refractivity contribution in [3.63, 3.8) is 0 Å². The Morgan fingerprint density at radius 1 is 1.19 bits per heavy atom. The molecule has 2 aromatic carbocycles.